The Labute approximate surface area is 110 Å². The van der Waals surface area contributed by atoms with E-state index in [1.54, 1.807) is 12.1 Å². The second-order valence-corrected chi connectivity index (χ2v) is 4.47. The van der Waals surface area contributed by atoms with E-state index in [4.69, 9.17) is 9.15 Å². The summed E-state index contributed by atoms with van der Waals surface area (Å²) in [6.07, 6.45) is 0. The second-order valence-electron chi connectivity index (χ2n) is 3.91. The van der Waals surface area contributed by atoms with Crippen molar-refractivity contribution in [1.29, 1.82) is 0 Å². The number of rotatable bonds is 1. The van der Waals surface area contributed by atoms with Crippen LogP contribution in [-0.2, 0) is 10.1 Å². The van der Waals surface area contributed by atoms with Crippen molar-refractivity contribution < 1.29 is 13.9 Å². The van der Waals surface area contributed by atoms with Crippen LogP contribution in [0.2, 0.25) is 0 Å². The Morgan fingerprint density at radius 1 is 1.28 bits per heavy atom. The molecular weight excluding hydrogens is 302 g/mol. The summed E-state index contributed by atoms with van der Waals surface area (Å²) in [5, 5.41) is 4.02. The molecular formula is C12H8BrNO4. The number of anilines is 1. The number of benzene rings is 1. The van der Waals surface area contributed by atoms with E-state index in [9.17, 15) is 9.59 Å². The Balaban J connectivity index is 2.30. The predicted molar refractivity (Wildman–Crippen MR) is 69.2 cm³/mol. The molecule has 92 valence electrons. The number of fused-ring (bicyclic) bond motifs is 2. The molecule has 0 bridgehead atoms. The summed E-state index contributed by atoms with van der Waals surface area (Å²) in [5.74, 6) is 0.316. The molecule has 18 heavy (non-hydrogen) atoms. The molecule has 2 heterocycles. The van der Waals surface area contributed by atoms with Gasteiger partial charge in [-0.2, -0.15) is 0 Å². The summed E-state index contributed by atoms with van der Waals surface area (Å²) >= 11 is 3.32. The molecule has 5 nitrogen and oxygen atoms in total. The molecule has 0 radical (unpaired) electrons. The summed E-state index contributed by atoms with van der Waals surface area (Å²) < 4.78 is 10.4. The van der Waals surface area contributed by atoms with Crippen molar-refractivity contribution in [3.8, 4) is 5.75 Å². The van der Waals surface area contributed by atoms with E-state index < -0.39 is 5.63 Å². The lowest BCUT2D eigenvalue weighted by Gasteiger charge is -2.18. The highest BCUT2D eigenvalue weighted by molar-refractivity contribution is 9.08. The van der Waals surface area contributed by atoms with Crippen LogP contribution in [0.1, 0.15) is 5.56 Å². The summed E-state index contributed by atoms with van der Waals surface area (Å²) in [6, 6.07) is 4.80. The summed E-state index contributed by atoms with van der Waals surface area (Å²) in [5.41, 5.74) is 1.45. The second kappa shape index (κ2) is 4.13. The quantitative estimate of drug-likeness (QED) is 0.646. The molecule has 0 atom stereocenters. The highest BCUT2D eigenvalue weighted by Gasteiger charge is 2.18. The molecule has 1 aliphatic heterocycles. The highest BCUT2D eigenvalue weighted by atomic mass is 79.9. The lowest BCUT2D eigenvalue weighted by molar-refractivity contribution is -0.118. The maximum absolute atomic E-state index is 11.4. The van der Waals surface area contributed by atoms with Gasteiger partial charge in [-0.05, 0) is 11.6 Å². The lowest BCUT2D eigenvalue weighted by Crippen LogP contribution is -2.25. The van der Waals surface area contributed by atoms with Gasteiger partial charge < -0.3 is 14.5 Å². The van der Waals surface area contributed by atoms with Gasteiger partial charge in [0, 0.05) is 22.8 Å². The van der Waals surface area contributed by atoms with Gasteiger partial charge in [0.25, 0.3) is 5.91 Å². The first kappa shape index (κ1) is 11.3. The zero-order chi connectivity index (χ0) is 12.7. The van der Waals surface area contributed by atoms with Crippen molar-refractivity contribution >= 4 is 38.5 Å². The summed E-state index contributed by atoms with van der Waals surface area (Å²) in [7, 11) is 0. The largest absolute Gasteiger partial charge is 0.481 e. The van der Waals surface area contributed by atoms with Crippen molar-refractivity contribution in [2.75, 3.05) is 11.9 Å². The molecule has 2 aromatic rings. The highest BCUT2D eigenvalue weighted by Crippen LogP contribution is 2.33. The molecule has 0 spiro atoms. The third-order valence-corrected chi connectivity index (χ3v) is 3.31. The first-order valence-corrected chi connectivity index (χ1v) is 6.39. The van der Waals surface area contributed by atoms with Crippen LogP contribution in [0.25, 0.3) is 11.0 Å². The number of amides is 1. The summed E-state index contributed by atoms with van der Waals surface area (Å²) in [6.45, 7) is -0.0269. The fraction of sp³-hybridized carbons (Fsp3) is 0.167. The van der Waals surface area contributed by atoms with Crippen molar-refractivity contribution in [3.05, 3.63) is 34.2 Å². The van der Waals surface area contributed by atoms with Crippen molar-refractivity contribution in [2.45, 2.75) is 5.33 Å². The number of carbonyl (C=O) groups is 1. The average Bonchev–Trinajstić information content (AvgIpc) is 2.35. The molecule has 0 aliphatic carbocycles. The lowest BCUT2D eigenvalue weighted by atomic mass is 10.1. The number of hydrogen-bond acceptors (Lipinski definition) is 4. The minimum atomic E-state index is -0.406. The monoisotopic (exact) mass is 309 g/mol. The Kier molecular flexibility index (Phi) is 2.59. The van der Waals surface area contributed by atoms with Crippen LogP contribution in [0.5, 0.6) is 5.75 Å². The van der Waals surface area contributed by atoms with Gasteiger partial charge >= 0.3 is 5.63 Å². The van der Waals surface area contributed by atoms with Crippen molar-refractivity contribution in [3.63, 3.8) is 0 Å². The van der Waals surface area contributed by atoms with Gasteiger partial charge in [-0.1, -0.05) is 15.9 Å². The molecule has 1 amide bonds. The van der Waals surface area contributed by atoms with Gasteiger partial charge in [0.05, 0.1) is 5.69 Å². The number of halogens is 1. The average molecular weight is 310 g/mol. The maximum atomic E-state index is 11.4. The smallest absolute Gasteiger partial charge is 0.336 e. The van der Waals surface area contributed by atoms with E-state index in [0.717, 1.165) is 10.9 Å². The molecule has 0 saturated carbocycles. The third-order valence-electron chi connectivity index (χ3n) is 2.71. The molecule has 1 aromatic carbocycles. The molecule has 1 aromatic heterocycles. The molecule has 0 fully saturated rings. The first-order valence-electron chi connectivity index (χ1n) is 5.27. The minimum absolute atomic E-state index is 0.0269. The van der Waals surface area contributed by atoms with Crippen molar-refractivity contribution in [2.24, 2.45) is 0 Å². The van der Waals surface area contributed by atoms with Crippen LogP contribution in [-0.4, -0.2) is 12.5 Å². The van der Waals surface area contributed by atoms with Gasteiger partial charge in [0.1, 0.15) is 11.3 Å². The molecule has 1 N–H and O–H groups in total. The number of alkyl halides is 1. The zero-order valence-corrected chi connectivity index (χ0v) is 10.7. The normalized spacial score (nSPS) is 13.9. The zero-order valence-electron chi connectivity index (χ0n) is 9.16. The minimum Gasteiger partial charge on any atom is -0.481 e. The van der Waals surface area contributed by atoms with E-state index in [1.807, 2.05) is 0 Å². The Bertz CT molecular complexity index is 707. The summed E-state index contributed by atoms with van der Waals surface area (Å²) in [4.78, 5) is 22.6. The van der Waals surface area contributed by atoms with E-state index in [0.29, 0.717) is 22.4 Å². The third kappa shape index (κ3) is 1.78. The Hall–Kier alpha value is -1.82. The van der Waals surface area contributed by atoms with Gasteiger partial charge in [-0.15, -0.1) is 0 Å². The fourth-order valence-electron chi connectivity index (χ4n) is 1.91. The van der Waals surface area contributed by atoms with Crippen LogP contribution in [0, 0.1) is 0 Å². The standard InChI is InChI=1S/C12H8BrNO4/c13-4-6-1-12(16)18-9-3-10-8(2-7(6)9)14-11(15)5-17-10/h1-3H,4-5H2,(H,14,15). The number of carbonyl (C=O) groups excluding carboxylic acids is 1. The van der Waals surface area contributed by atoms with Gasteiger partial charge in [0.15, 0.2) is 6.61 Å². The Morgan fingerprint density at radius 3 is 2.89 bits per heavy atom. The van der Waals surface area contributed by atoms with Crippen molar-refractivity contribution in [1.82, 2.24) is 0 Å². The van der Waals surface area contributed by atoms with Crippen LogP contribution in [0.3, 0.4) is 0 Å². The molecule has 1 aliphatic rings. The number of hydrogen-bond donors (Lipinski definition) is 1. The number of nitrogens with one attached hydrogen (secondary N) is 1. The molecule has 6 heteroatoms. The first-order chi connectivity index (χ1) is 8.67. The Morgan fingerprint density at radius 2 is 2.11 bits per heavy atom. The van der Waals surface area contributed by atoms with Crippen LogP contribution >= 0.6 is 15.9 Å². The topological polar surface area (TPSA) is 68.5 Å². The maximum Gasteiger partial charge on any atom is 0.336 e. The van der Waals surface area contributed by atoms with Crippen LogP contribution in [0.15, 0.2) is 27.4 Å². The van der Waals surface area contributed by atoms with Gasteiger partial charge in [-0.25, -0.2) is 4.79 Å². The van der Waals surface area contributed by atoms with E-state index >= 15 is 0 Å². The van der Waals surface area contributed by atoms with E-state index in [2.05, 4.69) is 21.2 Å². The molecule has 0 saturated heterocycles. The van der Waals surface area contributed by atoms with Crippen LogP contribution in [0.4, 0.5) is 5.69 Å². The van der Waals surface area contributed by atoms with Gasteiger partial charge in [-0.3, -0.25) is 4.79 Å². The number of ether oxygens (including phenoxy) is 1. The molecule has 3 rings (SSSR count). The van der Waals surface area contributed by atoms with E-state index in [-0.39, 0.29) is 12.5 Å². The molecule has 0 unspecified atom stereocenters. The van der Waals surface area contributed by atoms with Crippen LogP contribution < -0.4 is 15.7 Å². The van der Waals surface area contributed by atoms with E-state index in [1.165, 1.54) is 6.07 Å². The fourth-order valence-corrected chi connectivity index (χ4v) is 2.38. The SMILES string of the molecule is O=C1COc2cc3oc(=O)cc(CBr)c3cc2N1. The van der Waals surface area contributed by atoms with Gasteiger partial charge in [0.2, 0.25) is 0 Å². The predicted octanol–water partition coefficient (Wildman–Crippen LogP) is 2.02.